The summed E-state index contributed by atoms with van der Waals surface area (Å²) >= 11 is 0. The van der Waals surface area contributed by atoms with Crippen LogP contribution >= 0.6 is 0 Å². The van der Waals surface area contributed by atoms with Gasteiger partial charge < -0.3 is 0 Å². The maximum absolute atomic E-state index is 10.9. The van der Waals surface area contributed by atoms with Crippen molar-refractivity contribution in [2.45, 2.75) is 4.90 Å². The monoisotopic (exact) mass is 240 g/mol. The molecule has 1 aromatic heterocycles. The summed E-state index contributed by atoms with van der Waals surface area (Å²) < 4.78 is 31.8. The molecule has 0 aliphatic carbocycles. The van der Waals surface area contributed by atoms with Gasteiger partial charge in [-0.1, -0.05) is 0 Å². The SMILES string of the molecule is O=c1ccn(-c2ccc(S(=O)(=O)O)cc2)[nH]1. The van der Waals surface area contributed by atoms with Crippen LogP contribution in [0.25, 0.3) is 5.69 Å². The Morgan fingerprint density at radius 2 is 1.75 bits per heavy atom. The zero-order valence-electron chi connectivity index (χ0n) is 7.99. The van der Waals surface area contributed by atoms with Gasteiger partial charge in [0.15, 0.2) is 0 Å². The minimum Gasteiger partial charge on any atom is -0.282 e. The molecule has 0 saturated heterocycles. The first-order chi connectivity index (χ1) is 7.47. The van der Waals surface area contributed by atoms with Crippen molar-refractivity contribution >= 4 is 10.1 Å². The lowest BCUT2D eigenvalue weighted by Gasteiger charge is -2.02. The third kappa shape index (κ3) is 2.05. The summed E-state index contributed by atoms with van der Waals surface area (Å²) in [7, 11) is -4.18. The molecule has 2 aromatic rings. The molecule has 0 bridgehead atoms. The fourth-order valence-electron chi connectivity index (χ4n) is 1.26. The number of hydrogen-bond donors (Lipinski definition) is 2. The summed E-state index contributed by atoms with van der Waals surface area (Å²) in [5.41, 5.74) is 0.341. The molecule has 16 heavy (non-hydrogen) atoms. The Kier molecular flexibility index (Phi) is 2.41. The summed E-state index contributed by atoms with van der Waals surface area (Å²) in [6, 6.07) is 6.79. The van der Waals surface area contributed by atoms with E-state index in [1.165, 1.54) is 41.2 Å². The van der Waals surface area contributed by atoms with E-state index in [0.717, 1.165) is 0 Å². The fraction of sp³-hybridized carbons (Fsp3) is 0. The Morgan fingerprint density at radius 1 is 1.12 bits per heavy atom. The van der Waals surface area contributed by atoms with E-state index in [2.05, 4.69) is 5.10 Å². The molecule has 0 aliphatic rings. The van der Waals surface area contributed by atoms with Gasteiger partial charge in [-0.05, 0) is 24.3 Å². The molecular formula is C9H8N2O4S. The second kappa shape index (κ2) is 3.62. The largest absolute Gasteiger partial charge is 0.294 e. The highest BCUT2D eigenvalue weighted by atomic mass is 32.2. The summed E-state index contributed by atoms with van der Waals surface area (Å²) in [5, 5.41) is 2.50. The van der Waals surface area contributed by atoms with E-state index >= 15 is 0 Å². The third-order valence-electron chi connectivity index (χ3n) is 2.02. The van der Waals surface area contributed by atoms with Gasteiger partial charge in [-0.15, -0.1) is 0 Å². The van der Waals surface area contributed by atoms with Crippen LogP contribution in [-0.2, 0) is 10.1 Å². The van der Waals surface area contributed by atoms with Crippen LogP contribution in [0.3, 0.4) is 0 Å². The van der Waals surface area contributed by atoms with E-state index in [4.69, 9.17) is 4.55 Å². The molecule has 2 rings (SSSR count). The van der Waals surface area contributed by atoms with Crippen molar-refractivity contribution in [2.24, 2.45) is 0 Å². The van der Waals surface area contributed by atoms with Crippen LogP contribution in [0.5, 0.6) is 0 Å². The second-order valence-corrected chi connectivity index (χ2v) is 4.55. The minimum absolute atomic E-state index is 0.189. The second-order valence-electron chi connectivity index (χ2n) is 3.13. The van der Waals surface area contributed by atoms with E-state index in [0.29, 0.717) is 5.69 Å². The van der Waals surface area contributed by atoms with E-state index in [-0.39, 0.29) is 10.5 Å². The maximum atomic E-state index is 10.9. The highest BCUT2D eigenvalue weighted by Gasteiger charge is 2.08. The van der Waals surface area contributed by atoms with Crippen molar-refractivity contribution in [3.63, 3.8) is 0 Å². The molecule has 84 valence electrons. The van der Waals surface area contributed by atoms with Crippen LogP contribution in [0.1, 0.15) is 0 Å². The van der Waals surface area contributed by atoms with Gasteiger partial charge in [-0.2, -0.15) is 8.42 Å². The molecule has 7 heteroatoms. The van der Waals surface area contributed by atoms with Gasteiger partial charge in [0.25, 0.3) is 15.7 Å². The first-order valence-electron chi connectivity index (χ1n) is 4.32. The summed E-state index contributed by atoms with van der Waals surface area (Å²) in [5.74, 6) is 0. The first-order valence-corrected chi connectivity index (χ1v) is 5.76. The lowest BCUT2D eigenvalue weighted by atomic mass is 10.3. The predicted octanol–water partition coefficient (Wildman–Crippen LogP) is 0.412. The lowest BCUT2D eigenvalue weighted by molar-refractivity contribution is 0.483. The summed E-state index contributed by atoms with van der Waals surface area (Å²) in [6.07, 6.45) is 1.52. The number of benzene rings is 1. The third-order valence-corrected chi connectivity index (χ3v) is 2.89. The number of H-pyrrole nitrogens is 1. The van der Waals surface area contributed by atoms with Crippen LogP contribution in [0.2, 0.25) is 0 Å². The number of rotatable bonds is 2. The van der Waals surface area contributed by atoms with Gasteiger partial charge in [-0.3, -0.25) is 19.1 Å². The van der Waals surface area contributed by atoms with Crippen molar-refractivity contribution in [3.8, 4) is 5.69 Å². The van der Waals surface area contributed by atoms with E-state index < -0.39 is 10.1 Å². The normalized spacial score (nSPS) is 11.6. The number of aromatic amines is 1. The Balaban J connectivity index is 2.44. The molecule has 1 heterocycles. The summed E-state index contributed by atoms with van der Waals surface area (Å²) in [4.78, 5) is 10.7. The number of aromatic nitrogens is 2. The van der Waals surface area contributed by atoms with Crippen LogP contribution in [0.4, 0.5) is 0 Å². The standard InChI is InChI=1S/C9H8N2O4S/c12-9-5-6-11(10-9)7-1-3-8(4-2-7)16(13,14)15/h1-6H,(H,10,12)(H,13,14,15). The Hall–Kier alpha value is -1.86. The zero-order chi connectivity index (χ0) is 11.8. The first kappa shape index (κ1) is 10.7. The molecule has 0 spiro atoms. The molecule has 0 atom stereocenters. The van der Waals surface area contributed by atoms with E-state index in [1.54, 1.807) is 0 Å². The predicted molar refractivity (Wildman–Crippen MR) is 56.2 cm³/mol. The van der Waals surface area contributed by atoms with Gasteiger partial charge in [0.1, 0.15) is 0 Å². The highest BCUT2D eigenvalue weighted by molar-refractivity contribution is 7.85. The van der Waals surface area contributed by atoms with E-state index in [9.17, 15) is 13.2 Å². The number of nitrogens with zero attached hydrogens (tertiary/aromatic N) is 1. The zero-order valence-corrected chi connectivity index (χ0v) is 8.81. The molecule has 0 radical (unpaired) electrons. The van der Waals surface area contributed by atoms with Crippen molar-refractivity contribution in [1.29, 1.82) is 0 Å². The minimum atomic E-state index is -4.18. The summed E-state index contributed by atoms with van der Waals surface area (Å²) in [6.45, 7) is 0. The Labute approximate surface area is 90.9 Å². The molecule has 1 aromatic carbocycles. The van der Waals surface area contributed by atoms with Crippen molar-refractivity contribution in [1.82, 2.24) is 9.78 Å². The van der Waals surface area contributed by atoms with Crippen LogP contribution in [0, 0.1) is 0 Å². The number of hydrogen-bond acceptors (Lipinski definition) is 3. The van der Waals surface area contributed by atoms with Gasteiger partial charge in [0.2, 0.25) is 0 Å². The maximum Gasteiger partial charge on any atom is 0.294 e. The van der Waals surface area contributed by atoms with Crippen molar-refractivity contribution in [2.75, 3.05) is 0 Å². The number of nitrogens with one attached hydrogen (secondary N) is 1. The highest BCUT2D eigenvalue weighted by Crippen LogP contribution is 2.11. The van der Waals surface area contributed by atoms with Crippen molar-refractivity contribution in [3.05, 3.63) is 46.9 Å². The lowest BCUT2D eigenvalue weighted by Crippen LogP contribution is -2.04. The average molecular weight is 240 g/mol. The molecule has 0 aliphatic heterocycles. The smallest absolute Gasteiger partial charge is 0.282 e. The van der Waals surface area contributed by atoms with Crippen LogP contribution in [0.15, 0.2) is 46.2 Å². The quantitative estimate of drug-likeness (QED) is 0.744. The Morgan fingerprint density at radius 3 is 2.19 bits per heavy atom. The molecule has 0 unspecified atom stereocenters. The van der Waals surface area contributed by atoms with Crippen molar-refractivity contribution < 1.29 is 13.0 Å². The van der Waals surface area contributed by atoms with Crippen LogP contribution in [-0.4, -0.2) is 22.8 Å². The molecule has 0 fully saturated rings. The van der Waals surface area contributed by atoms with Gasteiger partial charge in [-0.25, -0.2) is 0 Å². The molecule has 2 N–H and O–H groups in total. The molecule has 0 saturated carbocycles. The van der Waals surface area contributed by atoms with Gasteiger partial charge in [0, 0.05) is 12.3 Å². The Bertz CT molecular complexity index is 651. The molecular weight excluding hydrogens is 232 g/mol. The van der Waals surface area contributed by atoms with E-state index in [1.807, 2.05) is 0 Å². The average Bonchev–Trinajstić information content (AvgIpc) is 2.64. The molecule has 6 nitrogen and oxygen atoms in total. The fourth-order valence-corrected chi connectivity index (χ4v) is 1.74. The topological polar surface area (TPSA) is 92.2 Å². The van der Waals surface area contributed by atoms with Gasteiger partial charge >= 0.3 is 0 Å². The van der Waals surface area contributed by atoms with Crippen LogP contribution < -0.4 is 5.56 Å². The van der Waals surface area contributed by atoms with Gasteiger partial charge in [0.05, 0.1) is 10.6 Å². The molecule has 0 amide bonds.